The molecule has 0 aliphatic carbocycles. The highest BCUT2D eigenvalue weighted by molar-refractivity contribution is 5.60. The van der Waals surface area contributed by atoms with Crippen molar-refractivity contribution in [3.8, 4) is 11.3 Å². The van der Waals surface area contributed by atoms with Crippen LogP contribution in [0.1, 0.15) is 25.1 Å². The fraction of sp³-hybridized carbons (Fsp3) is 0.357. The van der Waals surface area contributed by atoms with Gasteiger partial charge in [-0.3, -0.25) is 0 Å². The average Bonchev–Trinajstić information content (AvgIpc) is 2.78. The van der Waals surface area contributed by atoms with Crippen molar-refractivity contribution in [2.45, 2.75) is 33.4 Å². The fourth-order valence-electron chi connectivity index (χ4n) is 1.72. The van der Waals surface area contributed by atoms with E-state index in [2.05, 4.69) is 24.1 Å². The van der Waals surface area contributed by atoms with Gasteiger partial charge >= 0.3 is 0 Å². The summed E-state index contributed by atoms with van der Waals surface area (Å²) in [6.45, 7) is 6.52. The maximum atomic E-state index is 13.2. The lowest BCUT2D eigenvalue weighted by Crippen LogP contribution is -2.22. The van der Waals surface area contributed by atoms with Crippen LogP contribution < -0.4 is 5.32 Å². The van der Waals surface area contributed by atoms with Gasteiger partial charge in [0.25, 0.3) is 0 Å². The second kappa shape index (κ2) is 5.31. The Morgan fingerprint density at radius 3 is 2.83 bits per heavy atom. The molecule has 18 heavy (non-hydrogen) atoms. The number of nitrogens with one attached hydrogen (secondary N) is 1. The standard InChI is InChI=1S/C14H17FN2O/c1-9(2)16-7-13-14(18-8-17-13)11-4-5-12(15)10(3)6-11/h4-6,8-9,16H,7H2,1-3H3. The molecule has 0 amide bonds. The summed E-state index contributed by atoms with van der Waals surface area (Å²) in [5.74, 6) is 0.492. The zero-order valence-electron chi connectivity index (χ0n) is 10.8. The smallest absolute Gasteiger partial charge is 0.181 e. The van der Waals surface area contributed by atoms with Crippen molar-refractivity contribution in [3.05, 3.63) is 41.7 Å². The molecule has 0 aliphatic heterocycles. The third kappa shape index (κ3) is 2.76. The Morgan fingerprint density at radius 2 is 2.17 bits per heavy atom. The molecule has 1 N–H and O–H groups in total. The van der Waals surface area contributed by atoms with Gasteiger partial charge in [-0.25, -0.2) is 9.37 Å². The van der Waals surface area contributed by atoms with Gasteiger partial charge in [-0.1, -0.05) is 13.8 Å². The predicted molar refractivity (Wildman–Crippen MR) is 68.6 cm³/mol. The summed E-state index contributed by atoms with van der Waals surface area (Å²) < 4.78 is 18.6. The minimum Gasteiger partial charge on any atom is -0.443 e. The van der Waals surface area contributed by atoms with Gasteiger partial charge in [0, 0.05) is 18.2 Å². The molecule has 0 fully saturated rings. The zero-order chi connectivity index (χ0) is 13.1. The lowest BCUT2D eigenvalue weighted by atomic mass is 10.1. The number of rotatable bonds is 4. The Morgan fingerprint density at radius 1 is 1.39 bits per heavy atom. The van der Waals surface area contributed by atoms with Crippen LogP contribution in [0.2, 0.25) is 0 Å². The van der Waals surface area contributed by atoms with Crippen LogP contribution in [0, 0.1) is 12.7 Å². The van der Waals surface area contributed by atoms with Crippen molar-refractivity contribution in [2.75, 3.05) is 0 Å². The number of oxazole rings is 1. The number of benzene rings is 1. The summed E-state index contributed by atoms with van der Waals surface area (Å²) >= 11 is 0. The van der Waals surface area contributed by atoms with Crippen LogP contribution in [0.5, 0.6) is 0 Å². The minimum atomic E-state index is -0.208. The zero-order valence-corrected chi connectivity index (χ0v) is 10.8. The molecule has 0 radical (unpaired) electrons. The topological polar surface area (TPSA) is 38.1 Å². The first-order chi connectivity index (χ1) is 8.58. The van der Waals surface area contributed by atoms with Crippen LogP contribution in [0.3, 0.4) is 0 Å². The quantitative estimate of drug-likeness (QED) is 0.902. The van der Waals surface area contributed by atoms with Gasteiger partial charge in [-0.2, -0.15) is 0 Å². The lowest BCUT2D eigenvalue weighted by Gasteiger charge is -2.07. The molecule has 96 valence electrons. The van der Waals surface area contributed by atoms with E-state index < -0.39 is 0 Å². The fourth-order valence-corrected chi connectivity index (χ4v) is 1.72. The Balaban J connectivity index is 2.27. The van der Waals surface area contributed by atoms with Crippen molar-refractivity contribution in [3.63, 3.8) is 0 Å². The first-order valence-corrected chi connectivity index (χ1v) is 6.00. The Bertz CT molecular complexity index is 534. The van der Waals surface area contributed by atoms with E-state index in [0.29, 0.717) is 23.9 Å². The molecule has 0 bridgehead atoms. The van der Waals surface area contributed by atoms with E-state index >= 15 is 0 Å². The molecule has 0 saturated heterocycles. The third-order valence-electron chi connectivity index (χ3n) is 2.74. The van der Waals surface area contributed by atoms with Gasteiger partial charge in [-0.15, -0.1) is 0 Å². The van der Waals surface area contributed by atoms with Gasteiger partial charge < -0.3 is 9.73 Å². The van der Waals surface area contributed by atoms with Crippen molar-refractivity contribution in [1.29, 1.82) is 0 Å². The highest BCUT2D eigenvalue weighted by atomic mass is 19.1. The number of halogens is 1. The molecule has 2 aromatic rings. The Labute approximate surface area is 106 Å². The van der Waals surface area contributed by atoms with E-state index in [1.54, 1.807) is 19.1 Å². The molecule has 0 atom stereocenters. The summed E-state index contributed by atoms with van der Waals surface area (Å²) in [6, 6.07) is 5.31. The third-order valence-corrected chi connectivity index (χ3v) is 2.74. The van der Waals surface area contributed by atoms with Gasteiger partial charge in [0.15, 0.2) is 12.2 Å². The second-order valence-electron chi connectivity index (χ2n) is 4.63. The van der Waals surface area contributed by atoms with Crippen LogP contribution >= 0.6 is 0 Å². The molecule has 1 heterocycles. The van der Waals surface area contributed by atoms with Gasteiger partial charge in [-0.05, 0) is 30.7 Å². The summed E-state index contributed by atoms with van der Waals surface area (Å²) in [5.41, 5.74) is 2.30. The van der Waals surface area contributed by atoms with E-state index in [9.17, 15) is 4.39 Å². The summed E-state index contributed by atoms with van der Waals surface area (Å²) in [7, 11) is 0. The van der Waals surface area contributed by atoms with Gasteiger partial charge in [0.2, 0.25) is 0 Å². The van der Waals surface area contributed by atoms with Crippen LogP contribution in [0.4, 0.5) is 4.39 Å². The van der Waals surface area contributed by atoms with Gasteiger partial charge in [0.05, 0.1) is 0 Å². The van der Waals surface area contributed by atoms with E-state index in [0.717, 1.165) is 11.3 Å². The van der Waals surface area contributed by atoms with E-state index in [-0.39, 0.29) is 5.82 Å². The van der Waals surface area contributed by atoms with Crippen LogP contribution in [-0.2, 0) is 6.54 Å². The largest absolute Gasteiger partial charge is 0.443 e. The Hall–Kier alpha value is -1.68. The maximum Gasteiger partial charge on any atom is 0.181 e. The molecule has 2 rings (SSSR count). The normalized spacial score (nSPS) is 11.2. The minimum absolute atomic E-state index is 0.208. The Kier molecular flexibility index (Phi) is 3.77. The number of nitrogens with zero attached hydrogens (tertiary/aromatic N) is 1. The molecular formula is C14H17FN2O. The monoisotopic (exact) mass is 248 g/mol. The van der Waals surface area contributed by atoms with Gasteiger partial charge in [0.1, 0.15) is 11.5 Å². The molecular weight excluding hydrogens is 231 g/mol. The van der Waals surface area contributed by atoms with Crippen molar-refractivity contribution >= 4 is 0 Å². The highest BCUT2D eigenvalue weighted by Gasteiger charge is 2.12. The number of aromatic nitrogens is 1. The maximum absolute atomic E-state index is 13.2. The number of aryl methyl sites for hydroxylation is 1. The van der Waals surface area contributed by atoms with Crippen molar-refractivity contribution in [1.82, 2.24) is 10.3 Å². The molecule has 1 aromatic carbocycles. The molecule has 4 heteroatoms. The number of hydrogen-bond acceptors (Lipinski definition) is 3. The first kappa shape index (κ1) is 12.8. The SMILES string of the molecule is Cc1cc(-c2ocnc2CNC(C)C)ccc1F. The van der Waals surface area contributed by atoms with Crippen LogP contribution in [0.25, 0.3) is 11.3 Å². The van der Waals surface area contributed by atoms with Crippen molar-refractivity contribution < 1.29 is 8.81 Å². The highest BCUT2D eigenvalue weighted by Crippen LogP contribution is 2.25. The van der Waals surface area contributed by atoms with E-state index in [1.165, 1.54) is 12.5 Å². The second-order valence-corrected chi connectivity index (χ2v) is 4.63. The molecule has 0 aliphatic rings. The molecule has 0 saturated carbocycles. The molecule has 3 nitrogen and oxygen atoms in total. The first-order valence-electron chi connectivity index (χ1n) is 6.00. The molecule has 1 aromatic heterocycles. The van der Waals surface area contributed by atoms with Crippen LogP contribution in [0.15, 0.2) is 29.0 Å². The van der Waals surface area contributed by atoms with Crippen LogP contribution in [-0.4, -0.2) is 11.0 Å². The van der Waals surface area contributed by atoms with Crippen molar-refractivity contribution in [2.24, 2.45) is 0 Å². The average molecular weight is 248 g/mol. The molecule has 0 unspecified atom stereocenters. The predicted octanol–water partition coefficient (Wildman–Crippen LogP) is 3.29. The summed E-state index contributed by atoms with van der Waals surface area (Å²) in [5, 5.41) is 3.29. The van der Waals surface area contributed by atoms with E-state index in [1.807, 2.05) is 0 Å². The van der Waals surface area contributed by atoms with E-state index in [4.69, 9.17) is 4.42 Å². The number of hydrogen-bond donors (Lipinski definition) is 1. The summed E-state index contributed by atoms with van der Waals surface area (Å²) in [6.07, 6.45) is 1.42. The lowest BCUT2D eigenvalue weighted by molar-refractivity contribution is 0.562. The summed E-state index contributed by atoms with van der Waals surface area (Å²) in [4.78, 5) is 4.19. The molecule has 0 spiro atoms.